The number of anilines is 1. The van der Waals surface area contributed by atoms with Crippen LogP contribution in [0.4, 0.5) is 10.3 Å². The van der Waals surface area contributed by atoms with E-state index in [4.69, 9.17) is 11.6 Å². The number of hydrogen-bond donors (Lipinski definition) is 2. The number of fused-ring (bicyclic) bond motifs is 1. The molecule has 1 aromatic carbocycles. The van der Waals surface area contributed by atoms with Gasteiger partial charge < -0.3 is 10.4 Å². The lowest BCUT2D eigenvalue weighted by molar-refractivity contribution is 0.0158. The van der Waals surface area contributed by atoms with Gasteiger partial charge in [-0.2, -0.15) is 0 Å². The molecule has 0 radical (unpaired) electrons. The number of aliphatic hydroxyl groups excluding tert-OH is 1. The summed E-state index contributed by atoms with van der Waals surface area (Å²) in [5.74, 6) is -0.247. The summed E-state index contributed by atoms with van der Waals surface area (Å²) in [6.45, 7) is 5.09. The number of aliphatic hydroxyl groups is 1. The van der Waals surface area contributed by atoms with E-state index in [-0.39, 0.29) is 17.3 Å². The lowest BCUT2D eigenvalue weighted by Gasteiger charge is -2.37. The maximum Gasteiger partial charge on any atom is 0.223 e. The molecular formula is C26H28ClFN6O. The largest absolute Gasteiger partial charge is 0.386 e. The Kier molecular flexibility index (Phi) is 6.21. The van der Waals surface area contributed by atoms with Crippen LogP contribution in [0.25, 0.3) is 17.0 Å². The number of nitrogens with one attached hydrogen (secondary N) is 1. The maximum absolute atomic E-state index is 14.7. The van der Waals surface area contributed by atoms with Crippen LogP contribution < -0.4 is 5.32 Å². The third kappa shape index (κ3) is 4.26. The number of pyridine rings is 1. The fourth-order valence-corrected chi connectivity index (χ4v) is 5.05. The minimum Gasteiger partial charge on any atom is -0.386 e. The molecule has 0 aliphatic carbocycles. The van der Waals surface area contributed by atoms with Crippen molar-refractivity contribution in [3.05, 3.63) is 77.0 Å². The van der Waals surface area contributed by atoms with Crippen LogP contribution in [0, 0.1) is 5.82 Å². The quantitative estimate of drug-likeness (QED) is 0.380. The van der Waals surface area contributed by atoms with Gasteiger partial charge in [0.15, 0.2) is 11.5 Å². The zero-order valence-corrected chi connectivity index (χ0v) is 20.7. The number of aromatic nitrogens is 4. The molecule has 4 heterocycles. The average Bonchev–Trinajstić information content (AvgIpc) is 3.44. The smallest absolute Gasteiger partial charge is 0.223 e. The SMILES string of the molecule is C[C@H](Nc1ncc(F)c(-c2cnc3c(Cl)cccn23)n1)c1ccc(C(O)[C@@]2(C)CCCN2C)cc1. The van der Waals surface area contributed by atoms with Gasteiger partial charge in [0.25, 0.3) is 0 Å². The van der Waals surface area contributed by atoms with E-state index in [1.54, 1.807) is 28.9 Å². The topological polar surface area (TPSA) is 78.6 Å². The van der Waals surface area contributed by atoms with E-state index in [0.717, 1.165) is 36.7 Å². The van der Waals surface area contributed by atoms with Crippen molar-refractivity contribution in [3.8, 4) is 11.4 Å². The van der Waals surface area contributed by atoms with Gasteiger partial charge in [-0.05, 0) is 63.5 Å². The van der Waals surface area contributed by atoms with Crippen LogP contribution in [0.2, 0.25) is 5.02 Å². The lowest BCUT2D eigenvalue weighted by atomic mass is 9.86. The molecule has 4 aromatic rings. The fraction of sp³-hybridized carbons (Fsp3) is 0.346. The Morgan fingerprint density at radius 2 is 1.89 bits per heavy atom. The lowest BCUT2D eigenvalue weighted by Crippen LogP contribution is -2.43. The molecule has 182 valence electrons. The molecule has 5 rings (SSSR count). The number of likely N-dealkylation sites (tertiary alicyclic amines) is 1. The number of likely N-dealkylation sites (N-methyl/N-ethyl adjacent to an activating group) is 1. The van der Waals surface area contributed by atoms with E-state index in [9.17, 15) is 9.50 Å². The van der Waals surface area contributed by atoms with Gasteiger partial charge in [-0.1, -0.05) is 35.9 Å². The van der Waals surface area contributed by atoms with E-state index in [1.165, 1.54) is 0 Å². The van der Waals surface area contributed by atoms with Crippen LogP contribution >= 0.6 is 11.6 Å². The number of halogens is 2. The number of hydrogen-bond acceptors (Lipinski definition) is 6. The van der Waals surface area contributed by atoms with Crippen LogP contribution in [0.3, 0.4) is 0 Å². The molecule has 0 bridgehead atoms. The first-order valence-electron chi connectivity index (χ1n) is 11.7. The van der Waals surface area contributed by atoms with Gasteiger partial charge in [0.05, 0.1) is 35.3 Å². The molecule has 1 saturated heterocycles. The number of benzene rings is 1. The molecule has 1 aliphatic rings. The van der Waals surface area contributed by atoms with Gasteiger partial charge >= 0.3 is 0 Å². The Bertz CT molecular complexity index is 1360. The summed E-state index contributed by atoms with van der Waals surface area (Å²) in [4.78, 5) is 15.1. The summed E-state index contributed by atoms with van der Waals surface area (Å²) in [7, 11) is 2.06. The Morgan fingerprint density at radius 1 is 1.14 bits per heavy atom. The highest BCUT2D eigenvalue weighted by Gasteiger charge is 2.41. The summed E-state index contributed by atoms with van der Waals surface area (Å²) >= 11 is 6.21. The normalized spacial score (nSPS) is 20.3. The first-order valence-corrected chi connectivity index (χ1v) is 12.1. The zero-order chi connectivity index (χ0) is 24.7. The molecule has 1 unspecified atom stereocenters. The molecule has 1 fully saturated rings. The van der Waals surface area contributed by atoms with Crippen molar-refractivity contribution in [2.75, 3.05) is 18.9 Å². The van der Waals surface area contributed by atoms with E-state index >= 15 is 0 Å². The predicted molar refractivity (Wildman–Crippen MR) is 135 cm³/mol. The van der Waals surface area contributed by atoms with E-state index in [1.807, 2.05) is 31.2 Å². The molecule has 0 amide bonds. The first kappa shape index (κ1) is 23.7. The average molecular weight is 495 g/mol. The van der Waals surface area contributed by atoms with Gasteiger partial charge in [-0.25, -0.2) is 19.3 Å². The molecule has 3 atom stereocenters. The van der Waals surface area contributed by atoms with Crippen LogP contribution in [0.15, 0.2) is 55.0 Å². The highest BCUT2D eigenvalue weighted by atomic mass is 35.5. The minimum atomic E-state index is -0.561. The van der Waals surface area contributed by atoms with Crippen molar-refractivity contribution in [3.63, 3.8) is 0 Å². The predicted octanol–water partition coefficient (Wildman–Crippen LogP) is 5.27. The molecule has 1 aliphatic heterocycles. The molecular weight excluding hydrogens is 467 g/mol. The van der Waals surface area contributed by atoms with Gasteiger partial charge in [-0.3, -0.25) is 9.30 Å². The van der Waals surface area contributed by atoms with Gasteiger partial charge in [0.2, 0.25) is 5.95 Å². The first-order chi connectivity index (χ1) is 16.8. The van der Waals surface area contributed by atoms with Crippen molar-refractivity contribution in [2.24, 2.45) is 0 Å². The van der Waals surface area contributed by atoms with Crippen molar-refractivity contribution < 1.29 is 9.50 Å². The summed E-state index contributed by atoms with van der Waals surface area (Å²) < 4.78 is 16.4. The monoisotopic (exact) mass is 494 g/mol. The molecule has 7 nitrogen and oxygen atoms in total. The van der Waals surface area contributed by atoms with Crippen molar-refractivity contribution in [1.29, 1.82) is 0 Å². The Hall–Kier alpha value is -3.07. The molecule has 0 saturated carbocycles. The minimum absolute atomic E-state index is 0.136. The van der Waals surface area contributed by atoms with Crippen molar-refractivity contribution >= 4 is 23.2 Å². The van der Waals surface area contributed by atoms with Crippen molar-refractivity contribution in [2.45, 2.75) is 44.4 Å². The Morgan fingerprint density at radius 3 is 2.60 bits per heavy atom. The number of imidazole rings is 1. The second-order valence-electron chi connectivity index (χ2n) is 9.40. The van der Waals surface area contributed by atoms with Crippen LogP contribution in [0.1, 0.15) is 50.0 Å². The summed E-state index contributed by atoms with van der Waals surface area (Å²) in [6, 6.07) is 11.3. The summed E-state index contributed by atoms with van der Waals surface area (Å²) in [5, 5.41) is 14.8. The maximum atomic E-state index is 14.7. The number of rotatable bonds is 6. The standard InChI is InChI=1S/C26H28ClFN6O/c1-16(17-7-9-18(10-8-17)23(35)26(2)11-5-12-33(26)3)31-25-30-14-20(28)22(32-25)21-15-29-24-19(27)6-4-13-34(21)24/h4,6-10,13-16,23,35H,5,11-12H2,1-3H3,(H,30,31,32)/t16-,23?,26+/m0/s1. The summed E-state index contributed by atoms with van der Waals surface area (Å²) in [6.07, 6.45) is 5.96. The van der Waals surface area contributed by atoms with E-state index < -0.39 is 11.9 Å². The zero-order valence-electron chi connectivity index (χ0n) is 19.9. The van der Waals surface area contributed by atoms with E-state index in [2.05, 4.69) is 39.1 Å². The molecule has 3 aromatic heterocycles. The van der Waals surface area contributed by atoms with Crippen molar-refractivity contribution in [1.82, 2.24) is 24.3 Å². The van der Waals surface area contributed by atoms with Gasteiger partial charge in [-0.15, -0.1) is 0 Å². The van der Waals surface area contributed by atoms with Crippen LogP contribution in [-0.2, 0) is 0 Å². The number of nitrogens with zero attached hydrogens (tertiary/aromatic N) is 5. The fourth-order valence-electron chi connectivity index (χ4n) is 4.84. The molecule has 35 heavy (non-hydrogen) atoms. The van der Waals surface area contributed by atoms with Crippen LogP contribution in [0.5, 0.6) is 0 Å². The van der Waals surface area contributed by atoms with Crippen LogP contribution in [-0.4, -0.2) is 48.5 Å². The third-order valence-electron chi connectivity index (χ3n) is 7.21. The molecule has 9 heteroatoms. The van der Waals surface area contributed by atoms with Gasteiger partial charge in [0.1, 0.15) is 5.69 Å². The molecule has 0 spiro atoms. The Balaban J connectivity index is 1.36. The second kappa shape index (κ2) is 9.18. The third-order valence-corrected chi connectivity index (χ3v) is 7.51. The van der Waals surface area contributed by atoms with Gasteiger partial charge in [0, 0.05) is 11.7 Å². The Labute approximate surface area is 208 Å². The summed E-state index contributed by atoms with van der Waals surface area (Å²) in [5.41, 5.74) is 2.79. The highest BCUT2D eigenvalue weighted by Crippen LogP contribution is 2.39. The second-order valence-corrected chi connectivity index (χ2v) is 9.81. The highest BCUT2D eigenvalue weighted by molar-refractivity contribution is 6.33. The molecule has 2 N–H and O–H groups in total. The van der Waals surface area contributed by atoms with E-state index in [0.29, 0.717) is 22.3 Å².